The largest absolute Gasteiger partial charge is 0.469 e. The van der Waals surface area contributed by atoms with E-state index in [-0.39, 0.29) is 87.4 Å². The predicted molar refractivity (Wildman–Crippen MR) is 180 cm³/mol. The van der Waals surface area contributed by atoms with Crippen molar-refractivity contribution in [1.82, 2.24) is 10.2 Å². The van der Waals surface area contributed by atoms with Crippen LogP contribution in [-0.2, 0) is 28.7 Å². The zero-order chi connectivity index (χ0) is 34.2. The minimum atomic E-state index is -0.527. The first-order chi connectivity index (χ1) is 21.9. The van der Waals surface area contributed by atoms with Crippen LogP contribution in [0.5, 0.6) is 0 Å². The number of carbonyl (C=O) groups is 4. The molecule has 5 fully saturated rings. The molecule has 1 heterocycles. The lowest BCUT2D eigenvalue weighted by molar-refractivity contribution is -0.211. The first kappa shape index (κ1) is 34.6. The lowest BCUT2D eigenvalue weighted by Gasteiger charge is -2.70. The Bertz CT molecular complexity index is 1350. The molecule has 0 aromatic rings. The van der Waals surface area contributed by atoms with Crippen molar-refractivity contribution in [3.63, 3.8) is 0 Å². The van der Waals surface area contributed by atoms with Crippen LogP contribution in [0, 0.1) is 50.2 Å². The third kappa shape index (κ3) is 5.24. The maximum atomic E-state index is 14.7. The Balaban J connectivity index is 1.23. The number of nitrogens with zero attached hydrogens (tertiary/aromatic N) is 1. The molecule has 0 unspecified atom stereocenters. The number of hydrogen-bond donors (Lipinski definition) is 1. The minimum Gasteiger partial charge on any atom is -0.469 e. The van der Waals surface area contributed by atoms with Gasteiger partial charge in [0.25, 0.3) is 0 Å². The summed E-state index contributed by atoms with van der Waals surface area (Å²) in [5, 5.41) is 3.26. The van der Waals surface area contributed by atoms with Gasteiger partial charge in [0.2, 0.25) is 5.91 Å². The number of carbonyl (C=O) groups excluding carboxylic acids is 4. The van der Waals surface area contributed by atoms with Crippen LogP contribution >= 0.6 is 0 Å². The number of nitrogens with one attached hydrogen (secondary N) is 1. The highest BCUT2D eigenvalue weighted by Crippen LogP contribution is 2.75. The Morgan fingerprint density at radius 1 is 0.894 bits per heavy atom. The molecule has 1 saturated heterocycles. The normalized spacial score (nSPS) is 44.1. The standard InChI is InChI=1S/C39H60N2O6/c1-34(2)28-11-14-39(7)32(37(28,5)13-12-29(34)47-31(44)10-9-30(43)41-21-19-40-20-22-41)27(42)23-25-26-24-36(4,33(45)46-8)16-15-35(26,3)17-18-38(25,39)6/h23,26,28-29,32,40H,9-22,24H2,1-8H3/t26-,28-,29-,32+,35+,36-,37-,38+,39+/m0/s1. The van der Waals surface area contributed by atoms with E-state index in [2.05, 4.69) is 59.9 Å². The number of ether oxygens (including phenoxy) is 2. The van der Waals surface area contributed by atoms with E-state index in [0.29, 0.717) is 13.1 Å². The second-order valence-electron chi connectivity index (χ2n) is 18.2. The third-order valence-electron chi connectivity index (χ3n) is 15.5. The molecule has 1 N–H and O–H groups in total. The Labute approximate surface area is 282 Å². The summed E-state index contributed by atoms with van der Waals surface area (Å²) in [4.78, 5) is 55.3. The molecule has 6 rings (SSSR count). The fraction of sp³-hybridized carbons (Fsp3) is 0.846. The number of ketones is 1. The van der Waals surface area contributed by atoms with Gasteiger partial charge in [-0.15, -0.1) is 0 Å². The van der Waals surface area contributed by atoms with Crippen LogP contribution < -0.4 is 5.32 Å². The topological polar surface area (TPSA) is 102 Å². The van der Waals surface area contributed by atoms with E-state index in [1.54, 1.807) is 0 Å². The summed E-state index contributed by atoms with van der Waals surface area (Å²) in [6, 6.07) is 0. The first-order valence-electron chi connectivity index (χ1n) is 18.5. The van der Waals surface area contributed by atoms with Crippen molar-refractivity contribution in [2.45, 2.75) is 125 Å². The summed E-state index contributed by atoms with van der Waals surface area (Å²) in [7, 11) is 1.49. The SMILES string of the molecule is COC(=O)[C@@]1(C)CC[C@]2(C)CC[C@]3(C)C(=CC(=O)[C@@H]4[C@@]5(C)CC[C@H](OC(=O)CCC(=O)N6CCNCC6)C(C)(C)[C@@H]5CC[C@]43C)[C@@H]2C1. The zero-order valence-electron chi connectivity index (χ0n) is 30.4. The van der Waals surface area contributed by atoms with E-state index in [4.69, 9.17) is 9.47 Å². The van der Waals surface area contributed by atoms with Crippen LogP contribution in [0.3, 0.4) is 0 Å². The molecule has 1 amide bonds. The fourth-order valence-corrected chi connectivity index (χ4v) is 12.3. The van der Waals surface area contributed by atoms with E-state index in [9.17, 15) is 19.2 Å². The Morgan fingerprint density at radius 3 is 2.26 bits per heavy atom. The van der Waals surface area contributed by atoms with Gasteiger partial charge in [-0.2, -0.15) is 0 Å². The van der Waals surface area contributed by atoms with Crippen molar-refractivity contribution in [2.75, 3.05) is 33.3 Å². The van der Waals surface area contributed by atoms with Crippen LogP contribution in [-0.4, -0.2) is 67.9 Å². The van der Waals surface area contributed by atoms with E-state index in [0.717, 1.165) is 70.9 Å². The summed E-state index contributed by atoms with van der Waals surface area (Å²) in [5.41, 5.74) is 0.0297. The summed E-state index contributed by atoms with van der Waals surface area (Å²) in [6.45, 7) is 19.1. The molecule has 8 heteroatoms. The average Bonchev–Trinajstić information content (AvgIpc) is 3.03. The monoisotopic (exact) mass is 652 g/mol. The second kappa shape index (κ2) is 11.7. The summed E-state index contributed by atoms with van der Waals surface area (Å²) in [5.74, 6) is 0.189. The summed E-state index contributed by atoms with van der Waals surface area (Å²) in [6.07, 6.45) is 10.4. The number of piperazine rings is 1. The molecule has 5 aliphatic carbocycles. The number of fused-ring (bicyclic) bond motifs is 7. The number of allylic oxidation sites excluding steroid dienone is 2. The van der Waals surface area contributed by atoms with Crippen molar-refractivity contribution < 1.29 is 28.7 Å². The molecule has 0 spiro atoms. The van der Waals surface area contributed by atoms with Gasteiger partial charge in [-0.05, 0) is 104 Å². The number of amides is 1. The molecule has 4 saturated carbocycles. The quantitative estimate of drug-likeness (QED) is 0.350. The van der Waals surface area contributed by atoms with Gasteiger partial charge in [0, 0.05) is 43.9 Å². The molecule has 262 valence electrons. The Kier molecular flexibility index (Phi) is 8.62. The molecular formula is C39H60N2O6. The highest BCUT2D eigenvalue weighted by atomic mass is 16.5. The molecule has 0 bridgehead atoms. The van der Waals surface area contributed by atoms with Gasteiger partial charge in [0.15, 0.2) is 5.78 Å². The van der Waals surface area contributed by atoms with Crippen molar-refractivity contribution in [2.24, 2.45) is 50.2 Å². The van der Waals surface area contributed by atoms with Gasteiger partial charge in [-0.1, -0.05) is 47.1 Å². The molecule has 0 aromatic carbocycles. The average molecular weight is 653 g/mol. The molecule has 1 aliphatic heterocycles. The van der Waals surface area contributed by atoms with Gasteiger partial charge in [0.05, 0.1) is 18.9 Å². The van der Waals surface area contributed by atoms with Crippen molar-refractivity contribution in [3.05, 3.63) is 11.6 Å². The lowest BCUT2D eigenvalue weighted by atomic mass is 9.33. The van der Waals surface area contributed by atoms with Crippen LogP contribution in [0.15, 0.2) is 11.6 Å². The Morgan fingerprint density at radius 2 is 1.57 bits per heavy atom. The molecule has 9 atom stereocenters. The predicted octanol–water partition coefficient (Wildman–Crippen LogP) is 6.26. The van der Waals surface area contributed by atoms with Gasteiger partial charge < -0.3 is 19.7 Å². The van der Waals surface area contributed by atoms with Crippen LogP contribution in [0.2, 0.25) is 0 Å². The number of rotatable bonds is 5. The number of hydrogen-bond acceptors (Lipinski definition) is 7. The smallest absolute Gasteiger partial charge is 0.311 e. The van der Waals surface area contributed by atoms with Gasteiger partial charge in [-0.3, -0.25) is 19.2 Å². The maximum Gasteiger partial charge on any atom is 0.311 e. The maximum absolute atomic E-state index is 14.7. The number of esters is 2. The minimum absolute atomic E-state index is 0.0217. The van der Waals surface area contributed by atoms with E-state index in [1.807, 2.05) is 4.90 Å². The van der Waals surface area contributed by atoms with Crippen LogP contribution in [0.25, 0.3) is 0 Å². The van der Waals surface area contributed by atoms with Crippen LogP contribution in [0.1, 0.15) is 119 Å². The molecule has 6 aliphatic rings. The zero-order valence-corrected chi connectivity index (χ0v) is 30.4. The van der Waals surface area contributed by atoms with Gasteiger partial charge >= 0.3 is 11.9 Å². The summed E-state index contributed by atoms with van der Waals surface area (Å²) < 4.78 is 11.5. The molecule has 8 nitrogen and oxygen atoms in total. The van der Waals surface area contributed by atoms with E-state index >= 15 is 0 Å². The van der Waals surface area contributed by atoms with Gasteiger partial charge in [-0.25, -0.2) is 0 Å². The highest BCUT2D eigenvalue weighted by Gasteiger charge is 2.70. The lowest BCUT2D eigenvalue weighted by Crippen LogP contribution is -2.66. The fourth-order valence-electron chi connectivity index (χ4n) is 12.3. The Hall–Kier alpha value is -2.22. The molecule has 0 aromatic heterocycles. The van der Waals surface area contributed by atoms with E-state index in [1.165, 1.54) is 12.7 Å². The van der Waals surface area contributed by atoms with Gasteiger partial charge in [0.1, 0.15) is 6.10 Å². The van der Waals surface area contributed by atoms with Crippen molar-refractivity contribution >= 4 is 23.6 Å². The highest BCUT2D eigenvalue weighted by molar-refractivity contribution is 5.95. The van der Waals surface area contributed by atoms with Crippen LogP contribution in [0.4, 0.5) is 0 Å². The molecular weight excluding hydrogens is 592 g/mol. The van der Waals surface area contributed by atoms with Crippen molar-refractivity contribution in [3.8, 4) is 0 Å². The van der Waals surface area contributed by atoms with Crippen molar-refractivity contribution in [1.29, 1.82) is 0 Å². The molecule has 47 heavy (non-hydrogen) atoms. The third-order valence-corrected chi connectivity index (χ3v) is 15.5. The van der Waals surface area contributed by atoms with E-state index < -0.39 is 5.41 Å². The first-order valence-corrected chi connectivity index (χ1v) is 18.5. The second-order valence-corrected chi connectivity index (χ2v) is 18.2. The number of methoxy groups -OCH3 is 1. The molecule has 0 radical (unpaired) electrons. The summed E-state index contributed by atoms with van der Waals surface area (Å²) >= 11 is 0.